The van der Waals surface area contributed by atoms with Gasteiger partial charge in [-0.1, -0.05) is 48.5 Å². The first-order chi connectivity index (χ1) is 16.4. The number of esters is 1. The minimum absolute atomic E-state index is 0.109. The van der Waals surface area contributed by atoms with Crippen LogP contribution in [0.3, 0.4) is 0 Å². The first-order valence-corrected chi connectivity index (χ1v) is 12.5. The van der Waals surface area contributed by atoms with Crippen molar-refractivity contribution in [2.45, 2.75) is 37.7 Å². The van der Waals surface area contributed by atoms with E-state index >= 15 is 0 Å². The smallest absolute Gasteiger partial charge is 0.355 e. The Kier molecular flexibility index (Phi) is 7.60. The van der Waals surface area contributed by atoms with Crippen molar-refractivity contribution in [3.8, 4) is 0 Å². The highest BCUT2D eigenvalue weighted by atomic mass is 32.2. The molecule has 0 bridgehead atoms. The van der Waals surface area contributed by atoms with Crippen molar-refractivity contribution >= 4 is 23.6 Å². The highest BCUT2D eigenvalue weighted by Crippen LogP contribution is 2.35. The SMILES string of the molecule is CSC1C(NC(=O)c2ccccc2)CN1C(C(=O)OCc1ccccc1)=C1COC(C)(C)OC1. The molecule has 0 aromatic heterocycles. The third-order valence-corrected chi connectivity index (χ3v) is 6.92. The van der Waals surface area contributed by atoms with Crippen LogP contribution in [0.2, 0.25) is 0 Å². The third-order valence-electron chi connectivity index (χ3n) is 5.85. The summed E-state index contributed by atoms with van der Waals surface area (Å²) in [6.45, 7) is 4.92. The zero-order valence-electron chi connectivity index (χ0n) is 19.7. The molecule has 2 saturated heterocycles. The van der Waals surface area contributed by atoms with E-state index in [-0.39, 0.29) is 37.1 Å². The van der Waals surface area contributed by atoms with Gasteiger partial charge in [0.05, 0.1) is 24.6 Å². The Bertz CT molecular complexity index is 1030. The molecule has 0 saturated carbocycles. The van der Waals surface area contributed by atoms with E-state index in [1.807, 2.05) is 73.5 Å². The standard InChI is InChI=1S/C26H30N2O5S/c1-26(2)32-16-20(17-33-26)22(25(30)31-15-18-10-6-4-7-11-18)28-14-21(24(28)34-3)27-23(29)19-12-8-5-9-13-19/h4-13,21,24H,14-17H2,1-3H3,(H,27,29). The molecule has 2 aliphatic rings. The number of benzene rings is 2. The average Bonchev–Trinajstić information content (AvgIpc) is 2.84. The maximum Gasteiger partial charge on any atom is 0.355 e. The molecule has 1 amide bonds. The van der Waals surface area contributed by atoms with Gasteiger partial charge in [0.15, 0.2) is 5.79 Å². The lowest BCUT2D eigenvalue weighted by Crippen LogP contribution is -2.65. The molecule has 2 heterocycles. The molecule has 180 valence electrons. The van der Waals surface area contributed by atoms with Gasteiger partial charge in [0.25, 0.3) is 5.91 Å². The maximum atomic E-state index is 13.3. The lowest BCUT2D eigenvalue weighted by atomic mass is 10.0. The Labute approximate surface area is 204 Å². The Morgan fingerprint density at radius 1 is 1.06 bits per heavy atom. The number of likely N-dealkylation sites (tertiary alicyclic amines) is 1. The Hall–Kier alpha value is -2.81. The topological polar surface area (TPSA) is 77.1 Å². The fourth-order valence-electron chi connectivity index (χ4n) is 3.95. The molecule has 2 aliphatic heterocycles. The van der Waals surface area contributed by atoms with Gasteiger partial charge in [0.2, 0.25) is 0 Å². The number of nitrogens with zero attached hydrogens (tertiary/aromatic N) is 1. The van der Waals surface area contributed by atoms with Gasteiger partial charge in [-0.2, -0.15) is 0 Å². The van der Waals surface area contributed by atoms with Crippen molar-refractivity contribution in [3.05, 3.63) is 83.1 Å². The summed E-state index contributed by atoms with van der Waals surface area (Å²) < 4.78 is 17.3. The Morgan fingerprint density at radius 2 is 1.68 bits per heavy atom. The largest absolute Gasteiger partial charge is 0.456 e. The molecule has 2 fully saturated rings. The number of thioether (sulfide) groups is 1. The zero-order chi connectivity index (χ0) is 24.1. The lowest BCUT2D eigenvalue weighted by Gasteiger charge is -2.50. The van der Waals surface area contributed by atoms with Crippen LogP contribution in [0.5, 0.6) is 0 Å². The van der Waals surface area contributed by atoms with Gasteiger partial charge in [0, 0.05) is 17.7 Å². The molecule has 4 rings (SSSR count). The summed E-state index contributed by atoms with van der Waals surface area (Å²) in [6, 6.07) is 18.6. The Balaban J connectivity index is 1.50. The van der Waals surface area contributed by atoms with Crippen LogP contribution in [0.4, 0.5) is 0 Å². The lowest BCUT2D eigenvalue weighted by molar-refractivity contribution is -0.226. The first-order valence-electron chi connectivity index (χ1n) is 11.2. The number of carbonyl (C=O) groups is 2. The minimum atomic E-state index is -0.706. The molecule has 1 N–H and O–H groups in total. The zero-order valence-corrected chi connectivity index (χ0v) is 20.5. The number of carbonyl (C=O) groups excluding carboxylic acids is 2. The fraction of sp³-hybridized carbons (Fsp3) is 0.385. The van der Waals surface area contributed by atoms with Crippen LogP contribution < -0.4 is 5.32 Å². The van der Waals surface area contributed by atoms with E-state index in [2.05, 4.69) is 5.32 Å². The average molecular weight is 483 g/mol. The second kappa shape index (κ2) is 10.6. The summed E-state index contributed by atoms with van der Waals surface area (Å²) in [5, 5.41) is 2.98. The summed E-state index contributed by atoms with van der Waals surface area (Å²) in [5.74, 6) is -1.25. The molecular weight excluding hydrogens is 452 g/mol. The molecule has 2 unspecified atom stereocenters. The predicted molar refractivity (Wildman–Crippen MR) is 131 cm³/mol. The van der Waals surface area contributed by atoms with E-state index in [0.717, 1.165) is 11.1 Å². The molecule has 0 aliphatic carbocycles. The van der Waals surface area contributed by atoms with Gasteiger partial charge in [-0.25, -0.2) is 4.79 Å². The number of hydrogen-bond acceptors (Lipinski definition) is 7. The quantitative estimate of drug-likeness (QED) is 0.478. The van der Waals surface area contributed by atoms with Crippen LogP contribution in [0, 0.1) is 0 Å². The molecule has 0 radical (unpaired) electrons. The molecule has 7 nitrogen and oxygen atoms in total. The molecule has 2 atom stereocenters. The summed E-state index contributed by atoms with van der Waals surface area (Å²) in [6.07, 6.45) is 1.97. The van der Waals surface area contributed by atoms with E-state index in [1.54, 1.807) is 23.9 Å². The molecule has 2 aromatic rings. The molecule has 8 heteroatoms. The third kappa shape index (κ3) is 5.63. The van der Waals surface area contributed by atoms with Crippen LogP contribution in [-0.4, -0.2) is 60.0 Å². The molecule has 0 spiro atoms. The van der Waals surface area contributed by atoms with Crippen LogP contribution >= 0.6 is 11.8 Å². The van der Waals surface area contributed by atoms with E-state index in [9.17, 15) is 9.59 Å². The van der Waals surface area contributed by atoms with E-state index in [4.69, 9.17) is 14.2 Å². The van der Waals surface area contributed by atoms with Crippen molar-refractivity contribution in [1.29, 1.82) is 0 Å². The van der Waals surface area contributed by atoms with E-state index < -0.39 is 11.8 Å². The van der Waals surface area contributed by atoms with Gasteiger partial charge in [-0.15, -0.1) is 11.8 Å². The summed E-state index contributed by atoms with van der Waals surface area (Å²) in [5.41, 5.74) is 2.72. The van der Waals surface area contributed by atoms with Gasteiger partial charge >= 0.3 is 5.97 Å². The van der Waals surface area contributed by atoms with E-state index in [0.29, 0.717) is 17.8 Å². The van der Waals surface area contributed by atoms with Gasteiger partial charge in [-0.3, -0.25) is 4.79 Å². The van der Waals surface area contributed by atoms with Crippen LogP contribution in [0.25, 0.3) is 0 Å². The van der Waals surface area contributed by atoms with Crippen molar-refractivity contribution in [3.63, 3.8) is 0 Å². The minimum Gasteiger partial charge on any atom is -0.456 e. The van der Waals surface area contributed by atoms with Crippen LogP contribution in [0.15, 0.2) is 71.9 Å². The molecule has 34 heavy (non-hydrogen) atoms. The normalized spacial score (nSPS) is 21.4. The second-order valence-corrected chi connectivity index (χ2v) is 9.67. The van der Waals surface area contributed by atoms with Crippen LogP contribution in [-0.2, 0) is 25.6 Å². The highest BCUT2D eigenvalue weighted by molar-refractivity contribution is 7.99. The summed E-state index contributed by atoms with van der Waals surface area (Å²) >= 11 is 1.58. The maximum absolute atomic E-state index is 13.3. The molecular formula is C26H30N2O5S. The first kappa shape index (κ1) is 24.3. The summed E-state index contributed by atoms with van der Waals surface area (Å²) in [4.78, 5) is 27.9. The van der Waals surface area contributed by atoms with Crippen molar-refractivity contribution in [1.82, 2.24) is 10.2 Å². The number of rotatable bonds is 7. The second-order valence-electron chi connectivity index (χ2n) is 8.72. The van der Waals surface area contributed by atoms with Crippen molar-refractivity contribution < 1.29 is 23.8 Å². The van der Waals surface area contributed by atoms with Crippen molar-refractivity contribution in [2.24, 2.45) is 0 Å². The molecule has 2 aromatic carbocycles. The number of hydrogen-bond donors (Lipinski definition) is 1. The number of amides is 1. The van der Waals surface area contributed by atoms with Gasteiger partial charge in [0.1, 0.15) is 12.3 Å². The highest BCUT2D eigenvalue weighted by Gasteiger charge is 2.44. The number of ether oxygens (including phenoxy) is 3. The number of nitrogens with one attached hydrogen (secondary N) is 1. The summed E-state index contributed by atoms with van der Waals surface area (Å²) in [7, 11) is 0. The fourth-order valence-corrected chi connectivity index (χ4v) is 4.88. The van der Waals surface area contributed by atoms with E-state index in [1.165, 1.54) is 0 Å². The van der Waals surface area contributed by atoms with Crippen LogP contribution in [0.1, 0.15) is 29.8 Å². The Morgan fingerprint density at radius 3 is 2.29 bits per heavy atom. The van der Waals surface area contributed by atoms with Gasteiger partial charge in [-0.05, 0) is 37.8 Å². The van der Waals surface area contributed by atoms with Crippen molar-refractivity contribution in [2.75, 3.05) is 26.0 Å². The predicted octanol–water partition coefficient (Wildman–Crippen LogP) is 3.57. The van der Waals surface area contributed by atoms with Gasteiger partial charge < -0.3 is 24.4 Å². The monoisotopic (exact) mass is 482 g/mol.